The van der Waals surface area contributed by atoms with Crippen LogP contribution in [-0.4, -0.2) is 19.1 Å². The number of nitrogens with one attached hydrogen (secondary N) is 2. The Kier molecular flexibility index (Phi) is 3.70. The summed E-state index contributed by atoms with van der Waals surface area (Å²) in [5, 5.41) is 0. The number of hydrogen-bond acceptors (Lipinski definition) is 3. The van der Waals surface area contributed by atoms with Gasteiger partial charge in [-0.3, -0.25) is 10.2 Å². The zero-order chi connectivity index (χ0) is 7.98. The molecule has 0 aromatic heterocycles. The van der Waals surface area contributed by atoms with Crippen LogP contribution < -0.4 is 10.9 Å². The van der Waals surface area contributed by atoms with Crippen LogP contribution >= 0.6 is 0 Å². The van der Waals surface area contributed by atoms with Crippen molar-refractivity contribution in [3.63, 3.8) is 0 Å². The highest BCUT2D eigenvalue weighted by Crippen LogP contribution is 1.67. The van der Waals surface area contributed by atoms with Crippen molar-refractivity contribution in [3.8, 4) is 0 Å². The number of carbonyl (C=O) groups excluding carboxylic acids is 2. The molecule has 2 amide bonds. The number of amides is 2. The van der Waals surface area contributed by atoms with Gasteiger partial charge in [-0.15, -0.1) is 0 Å². The topological polar surface area (TPSA) is 67.4 Å². The minimum absolute atomic E-state index is 0.495. The van der Waals surface area contributed by atoms with Gasteiger partial charge in [0.05, 0.1) is 7.11 Å². The van der Waals surface area contributed by atoms with E-state index in [4.69, 9.17) is 0 Å². The summed E-state index contributed by atoms with van der Waals surface area (Å²) in [7, 11) is 1.19. The Morgan fingerprint density at radius 1 is 1.50 bits per heavy atom. The molecule has 0 aromatic rings. The fraction of sp³-hybridized carbons (Fsp3) is 0.200. The van der Waals surface area contributed by atoms with Gasteiger partial charge in [0.1, 0.15) is 0 Å². The molecular weight excluding hydrogens is 136 g/mol. The molecular formula is C5H8N2O3. The van der Waals surface area contributed by atoms with Gasteiger partial charge in [0, 0.05) is 0 Å². The molecule has 0 aromatic carbocycles. The minimum atomic E-state index is -0.727. The van der Waals surface area contributed by atoms with E-state index in [2.05, 4.69) is 11.3 Å². The molecule has 0 saturated heterocycles. The van der Waals surface area contributed by atoms with Gasteiger partial charge in [0.15, 0.2) is 0 Å². The zero-order valence-corrected chi connectivity index (χ0v) is 5.51. The molecule has 0 aliphatic carbocycles. The predicted octanol–water partition coefficient (Wildman–Crippen LogP) is -0.440. The Balaban J connectivity index is 3.44. The molecule has 0 aliphatic rings. The maximum absolute atomic E-state index is 10.3. The van der Waals surface area contributed by atoms with Crippen molar-refractivity contribution in [2.45, 2.75) is 0 Å². The number of methoxy groups -OCH3 is 1. The molecule has 5 heteroatoms. The van der Waals surface area contributed by atoms with E-state index in [-0.39, 0.29) is 0 Å². The summed E-state index contributed by atoms with van der Waals surface area (Å²) in [6.45, 7) is 3.16. The molecule has 56 valence electrons. The van der Waals surface area contributed by atoms with E-state index in [0.717, 1.165) is 6.08 Å². The van der Waals surface area contributed by atoms with Crippen LogP contribution in [-0.2, 0) is 9.53 Å². The molecule has 10 heavy (non-hydrogen) atoms. The minimum Gasteiger partial charge on any atom is -0.452 e. The third-order valence-electron chi connectivity index (χ3n) is 0.659. The second-order valence-electron chi connectivity index (χ2n) is 1.31. The second kappa shape index (κ2) is 4.37. The second-order valence-corrected chi connectivity index (χ2v) is 1.31. The third kappa shape index (κ3) is 3.48. The Bertz CT molecular complexity index is 155. The summed E-state index contributed by atoms with van der Waals surface area (Å²) in [6, 6.07) is 0. The van der Waals surface area contributed by atoms with E-state index >= 15 is 0 Å². The first-order valence-electron chi connectivity index (χ1n) is 2.47. The quantitative estimate of drug-likeness (QED) is 0.387. The highest BCUT2D eigenvalue weighted by Gasteiger charge is 1.97. The molecule has 0 fully saturated rings. The molecule has 0 unspecified atom stereocenters. The molecule has 5 nitrogen and oxygen atoms in total. The summed E-state index contributed by atoms with van der Waals surface area (Å²) in [5.74, 6) is -0.495. The van der Waals surface area contributed by atoms with Crippen LogP contribution in [0.5, 0.6) is 0 Å². The molecule has 0 atom stereocenters. The Hall–Kier alpha value is -1.52. The van der Waals surface area contributed by atoms with Crippen molar-refractivity contribution in [1.82, 2.24) is 10.9 Å². The standard InChI is InChI=1S/C5H8N2O3/c1-3-4(8)6-7-5(9)10-2/h3H,1H2,2H3,(H,6,8)(H,7,9). The highest BCUT2D eigenvalue weighted by molar-refractivity contribution is 5.88. The number of ether oxygens (including phenoxy) is 1. The fourth-order valence-electron chi connectivity index (χ4n) is 0.215. The fourth-order valence-corrected chi connectivity index (χ4v) is 0.215. The number of rotatable bonds is 1. The molecule has 0 aliphatic heterocycles. The lowest BCUT2D eigenvalue weighted by molar-refractivity contribution is -0.117. The average molecular weight is 144 g/mol. The van der Waals surface area contributed by atoms with E-state index in [1.807, 2.05) is 10.9 Å². The highest BCUT2D eigenvalue weighted by atomic mass is 16.5. The van der Waals surface area contributed by atoms with Gasteiger partial charge in [-0.2, -0.15) is 0 Å². The van der Waals surface area contributed by atoms with Crippen LogP contribution in [0.4, 0.5) is 4.79 Å². The first kappa shape index (κ1) is 8.48. The van der Waals surface area contributed by atoms with Crippen LogP contribution in [0.15, 0.2) is 12.7 Å². The SMILES string of the molecule is C=CC(=O)NNC(=O)OC. The van der Waals surface area contributed by atoms with Crippen LogP contribution in [0.3, 0.4) is 0 Å². The summed E-state index contributed by atoms with van der Waals surface area (Å²) in [4.78, 5) is 20.6. The van der Waals surface area contributed by atoms with E-state index in [1.54, 1.807) is 0 Å². The van der Waals surface area contributed by atoms with Crippen LogP contribution in [0, 0.1) is 0 Å². The van der Waals surface area contributed by atoms with Gasteiger partial charge in [-0.1, -0.05) is 6.58 Å². The summed E-state index contributed by atoms with van der Waals surface area (Å²) >= 11 is 0. The van der Waals surface area contributed by atoms with Crippen molar-refractivity contribution in [1.29, 1.82) is 0 Å². The molecule has 2 N–H and O–H groups in total. The Labute approximate surface area is 58.0 Å². The molecule has 0 rings (SSSR count). The van der Waals surface area contributed by atoms with Crippen molar-refractivity contribution >= 4 is 12.0 Å². The van der Waals surface area contributed by atoms with Gasteiger partial charge in [-0.05, 0) is 6.08 Å². The molecule has 0 spiro atoms. The lowest BCUT2D eigenvalue weighted by Gasteiger charge is -2.01. The molecule has 0 bridgehead atoms. The zero-order valence-electron chi connectivity index (χ0n) is 5.51. The van der Waals surface area contributed by atoms with E-state index in [9.17, 15) is 9.59 Å². The summed E-state index contributed by atoms with van der Waals surface area (Å²) in [5.41, 5.74) is 3.95. The van der Waals surface area contributed by atoms with Gasteiger partial charge in [0.25, 0.3) is 5.91 Å². The average Bonchev–Trinajstić information content (AvgIpc) is 1.99. The van der Waals surface area contributed by atoms with Crippen molar-refractivity contribution in [3.05, 3.63) is 12.7 Å². The van der Waals surface area contributed by atoms with Gasteiger partial charge >= 0.3 is 6.09 Å². The third-order valence-corrected chi connectivity index (χ3v) is 0.659. The van der Waals surface area contributed by atoms with E-state index in [1.165, 1.54) is 7.11 Å². The van der Waals surface area contributed by atoms with Crippen LogP contribution in [0.2, 0.25) is 0 Å². The van der Waals surface area contributed by atoms with Crippen molar-refractivity contribution < 1.29 is 14.3 Å². The molecule has 0 heterocycles. The number of hydrogen-bond donors (Lipinski definition) is 2. The first-order chi connectivity index (χ1) is 4.70. The largest absolute Gasteiger partial charge is 0.452 e. The first-order valence-corrected chi connectivity index (χ1v) is 2.47. The van der Waals surface area contributed by atoms with Gasteiger partial charge in [0.2, 0.25) is 0 Å². The lowest BCUT2D eigenvalue weighted by Crippen LogP contribution is -2.40. The van der Waals surface area contributed by atoms with Crippen molar-refractivity contribution in [2.75, 3.05) is 7.11 Å². The molecule has 0 saturated carbocycles. The lowest BCUT2D eigenvalue weighted by atomic mass is 10.6. The maximum atomic E-state index is 10.3. The molecule has 0 radical (unpaired) electrons. The van der Waals surface area contributed by atoms with E-state index in [0.29, 0.717) is 0 Å². The van der Waals surface area contributed by atoms with Gasteiger partial charge < -0.3 is 4.74 Å². The summed E-state index contributed by atoms with van der Waals surface area (Å²) in [6.07, 6.45) is 0.297. The number of carbonyl (C=O) groups is 2. The Morgan fingerprint density at radius 3 is 2.50 bits per heavy atom. The predicted molar refractivity (Wildman–Crippen MR) is 33.9 cm³/mol. The van der Waals surface area contributed by atoms with Gasteiger partial charge in [-0.25, -0.2) is 10.2 Å². The van der Waals surface area contributed by atoms with E-state index < -0.39 is 12.0 Å². The summed E-state index contributed by atoms with van der Waals surface area (Å²) < 4.78 is 4.15. The Morgan fingerprint density at radius 2 is 2.10 bits per heavy atom. The van der Waals surface area contributed by atoms with Crippen LogP contribution in [0.25, 0.3) is 0 Å². The maximum Gasteiger partial charge on any atom is 0.425 e. The van der Waals surface area contributed by atoms with Crippen molar-refractivity contribution in [2.24, 2.45) is 0 Å². The number of hydrazine groups is 1. The monoisotopic (exact) mass is 144 g/mol. The smallest absolute Gasteiger partial charge is 0.425 e. The normalized spacial score (nSPS) is 7.70. The van der Waals surface area contributed by atoms with Crippen LogP contribution in [0.1, 0.15) is 0 Å².